The molecular weight excluding hydrogens is 364 g/mol. The van der Waals surface area contributed by atoms with E-state index in [4.69, 9.17) is 4.74 Å². The molecule has 1 heterocycles. The van der Waals surface area contributed by atoms with Crippen molar-refractivity contribution in [2.24, 2.45) is 0 Å². The summed E-state index contributed by atoms with van der Waals surface area (Å²) in [4.78, 5) is 28.8. The molecule has 0 saturated carbocycles. The van der Waals surface area contributed by atoms with E-state index in [1.165, 1.54) is 0 Å². The lowest BCUT2D eigenvalue weighted by atomic mass is 10.0. The Morgan fingerprint density at radius 1 is 0.931 bits per heavy atom. The molecule has 156 valence electrons. The van der Waals surface area contributed by atoms with Crippen molar-refractivity contribution >= 4 is 22.6 Å². The fourth-order valence-electron chi connectivity index (χ4n) is 3.61. The molecule has 2 aromatic carbocycles. The second kappa shape index (κ2) is 9.40. The third-order valence-corrected chi connectivity index (χ3v) is 5.22. The predicted octanol–water partition coefficient (Wildman–Crippen LogP) is 4.75. The monoisotopic (exact) mass is 396 g/mol. The highest BCUT2D eigenvalue weighted by Crippen LogP contribution is 2.18. The Kier molecular flexibility index (Phi) is 6.91. The van der Waals surface area contributed by atoms with Gasteiger partial charge in [-0.1, -0.05) is 36.4 Å². The van der Waals surface area contributed by atoms with E-state index in [1.807, 2.05) is 57.2 Å². The van der Waals surface area contributed by atoms with E-state index < -0.39 is 5.60 Å². The molecule has 0 spiro atoms. The number of nitrogens with zero attached hydrogens (tertiary/aromatic N) is 2. The number of hydrogen-bond acceptors (Lipinski definition) is 4. The smallest absolute Gasteiger partial charge is 0.410 e. The molecule has 1 fully saturated rings. The first kappa shape index (κ1) is 21.3. The van der Waals surface area contributed by atoms with Gasteiger partial charge in [0, 0.05) is 38.2 Å². The molecule has 0 unspecified atom stereocenters. The van der Waals surface area contributed by atoms with Gasteiger partial charge in [-0.15, -0.1) is 0 Å². The first-order valence-corrected chi connectivity index (χ1v) is 10.5. The highest BCUT2D eigenvalue weighted by Gasteiger charge is 2.25. The summed E-state index contributed by atoms with van der Waals surface area (Å²) in [6.45, 7) is 9.75. The lowest BCUT2D eigenvalue weighted by Gasteiger charge is -2.35. The molecule has 1 aliphatic rings. The molecule has 0 bridgehead atoms. The number of benzene rings is 2. The highest BCUT2D eigenvalue weighted by molar-refractivity contribution is 5.99. The van der Waals surface area contributed by atoms with Gasteiger partial charge in [0.2, 0.25) is 0 Å². The zero-order valence-electron chi connectivity index (χ0n) is 17.8. The maximum absolute atomic E-state index is 12.5. The fourth-order valence-corrected chi connectivity index (χ4v) is 3.61. The van der Waals surface area contributed by atoms with Crippen molar-refractivity contribution in [2.45, 2.75) is 45.6 Å². The van der Waals surface area contributed by atoms with Crippen LogP contribution < -0.4 is 0 Å². The number of ether oxygens (including phenoxy) is 1. The minimum absolute atomic E-state index is 0.213. The molecule has 5 heteroatoms. The Balaban J connectivity index is 1.36. The molecule has 2 aromatic rings. The van der Waals surface area contributed by atoms with Gasteiger partial charge in [0.1, 0.15) is 5.60 Å². The van der Waals surface area contributed by atoms with Gasteiger partial charge in [-0.2, -0.15) is 0 Å². The SMILES string of the molecule is CC(C)(C)OC(=O)N1CCN(CCCCC(=O)c2ccc3ccccc3c2)CC1. The second-order valence-corrected chi connectivity index (χ2v) is 8.75. The number of unbranched alkanes of at least 4 members (excludes halogenated alkanes) is 1. The molecule has 29 heavy (non-hydrogen) atoms. The van der Waals surface area contributed by atoms with Crippen LogP contribution >= 0.6 is 0 Å². The van der Waals surface area contributed by atoms with Gasteiger partial charge < -0.3 is 9.64 Å². The van der Waals surface area contributed by atoms with Gasteiger partial charge in [-0.3, -0.25) is 9.69 Å². The lowest BCUT2D eigenvalue weighted by molar-refractivity contribution is 0.0144. The van der Waals surface area contributed by atoms with Crippen LogP contribution in [0.1, 0.15) is 50.4 Å². The maximum Gasteiger partial charge on any atom is 0.410 e. The van der Waals surface area contributed by atoms with Crippen LogP contribution in [0.5, 0.6) is 0 Å². The van der Waals surface area contributed by atoms with Gasteiger partial charge in [0.15, 0.2) is 5.78 Å². The summed E-state index contributed by atoms with van der Waals surface area (Å²) < 4.78 is 5.44. The largest absolute Gasteiger partial charge is 0.444 e. The zero-order chi connectivity index (χ0) is 20.9. The first-order chi connectivity index (χ1) is 13.8. The third-order valence-electron chi connectivity index (χ3n) is 5.22. The van der Waals surface area contributed by atoms with E-state index in [0.29, 0.717) is 19.5 Å². The van der Waals surface area contributed by atoms with E-state index in [-0.39, 0.29) is 11.9 Å². The van der Waals surface area contributed by atoms with Crippen LogP contribution in [-0.2, 0) is 4.74 Å². The number of carbonyl (C=O) groups excluding carboxylic acids is 2. The zero-order valence-corrected chi connectivity index (χ0v) is 17.8. The normalized spacial score (nSPS) is 15.5. The summed E-state index contributed by atoms with van der Waals surface area (Å²) in [5.41, 5.74) is 0.348. The number of piperazine rings is 1. The highest BCUT2D eigenvalue weighted by atomic mass is 16.6. The average molecular weight is 397 g/mol. The summed E-state index contributed by atoms with van der Waals surface area (Å²) in [6.07, 6.45) is 2.23. The number of fused-ring (bicyclic) bond motifs is 1. The van der Waals surface area contributed by atoms with Crippen LogP contribution in [0.3, 0.4) is 0 Å². The summed E-state index contributed by atoms with van der Waals surface area (Å²) in [5, 5.41) is 2.27. The third kappa shape index (κ3) is 6.29. The number of amides is 1. The Hall–Kier alpha value is -2.40. The van der Waals surface area contributed by atoms with E-state index in [9.17, 15) is 9.59 Å². The summed E-state index contributed by atoms with van der Waals surface area (Å²) in [7, 11) is 0. The van der Waals surface area contributed by atoms with Crippen molar-refractivity contribution < 1.29 is 14.3 Å². The number of hydrogen-bond donors (Lipinski definition) is 0. The van der Waals surface area contributed by atoms with Gasteiger partial charge in [0.05, 0.1) is 0 Å². The number of rotatable bonds is 6. The average Bonchev–Trinajstić information content (AvgIpc) is 2.70. The molecule has 0 aromatic heterocycles. The van der Waals surface area contributed by atoms with Crippen LogP contribution in [0.2, 0.25) is 0 Å². The Labute approximate surface area is 173 Å². The van der Waals surface area contributed by atoms with Crippen LogP contribution in [0, 0.1) is 0 Å². The molecule has 1 saturated heterocycles. The van der Waals surface area contributed by atoms with E-state index in [2.05, 4.69) is 11.0 Å². The van der Waals surface area contributed by atoms with E-state index in [0.717, 1.165) is 48.8 Å². The molecule has 0 atom stereocenters. The molecule has 0 radical (unpaired) electrons. The minimum Gasteiger partial charge on any atom is -0.444 e. The van der Waals surface area contributed by atoms with Gasteiger partial charge in [-0.05, 0) is 57.0 Å². The first-order valence-electron chi connectivity index (χ1n) is 10.5. The maximum atomic E-state index is 12.5. The second-order valence-electron chi connectivity index (χ2n) is 8.75. The van der Waals surface area contributed by atoms with Crippen molar-refractivity contribution in [3.8, 4) is 0 Å². The molecule has 1 amide bonds. The Morgan fingerprint density at radius 2 is 1.62 bits per heavy atom. The molecule has 3 rings (SSSR count). The quantitative estimate of drug-likeness (QED) is 0.522. The minimum atomic E-state index is -0.453. The van der Waals surface area contributed by atoms with Crippen molar-refractivity contribution in [3.63, 3.8) is 0 Å². The lowest BCUT2D eigenvalue weighted by Crippen LogP contribution is -2.50. The van der Waals surface area contributed by atoms with Crippen molar-refractivity contribution in [1.29, 1.82) is 0 Å². The number of ketones is 1. The molecule has 0 aliphatic carbocycles. The van der Waals surface area contributed by atoms with Crippen LogP contribution in [0.4, 0.5) is 4.79 Å². The van der Waals surface area contributed by atoms with Gasteiger partial charge in [-0.25, -0.2) is 4.79 Å². The van der Waals surface area contributed by atoms with Crippen LogP contribution in [0.15, 0.2) is 42.5 Å². The number of carbonyl (C=O) groups is 2. The fraction of sp³-hybridized carbons (Fsp3) is 0.500. The number of Topliss-reactive ketones (excluding diaryl/α,β-unsaturated/α-hetero) is 1. The van der Waals surface area contributed by atoms with E-state index >= 15 is 0 Å². The molecular formula is C24H32N2O3. The van der Waals surface area contributed by atoms with Crippen molar-refractivity contribution in [2.75, 3.05) is 32.7 Å². The Bertz CT molecular complexity index is 849. The standard InChI is InChI=1S/C24H32N2O3/c1-24(2,3)29-23(28)26-16-14-25(15-17-26)13-7-6-10-22(27)21-12-11-19-8-4-5-9-20(19)18-21/h4-5,8-9,11-12,18H,6-7,10,13-17H2,1-3H3. The van der Waals surface area contributed by atoms with Gasteiger partial charge in [0.25, 0.3) is 0 Å². The predicted molar refractivity (Wildman–Crippen MR) is 116 cm³/mol. The summed E-state index contributed by atoms with van der Waals surface area (Å²) in [6, 6.07) is 14.1. The van der Waals surface area contributed by atoms with Gasteiger partial charge >= 0.3 is 6.09 Å². The van der Waals surface area contributed by atoms with Crippen LogP contribution in [-0.4, -0.2) is 60.0 Å². The molecule has 5 nitrogen and oxygen atoms in total. The summed E-state index contributed by atoms with van der Waals surface area (Å²) in [5.74, 6) is 0.213. The Morgan fingerprint density at radius 3 is 2.31 bits per heavy atom. The van der Waals surface area contributed by atoms with Crippen LogP contribution in [0.25, 0.3) is 10.8 Å². The van der Waals surface area contributed by atoms with Crippen molar-refractivity contribution in [3.05, 3.63) is 48.0 Å². The molecule has 1 aliphatic heterocycles. The van der Waals surface area contributed by atoms with Crippen molar-refractivity contribution in [1.82, 2.24) is 9.80 Å². The summed E-state index contributed by atoms with van der Waals surface area (Å²) >= 11 is 0. The topological polar surface area (TPSA) is 49.9 Å². The van der Waals surface area contributed by atoms with E-state index in [1.54, 1.807) is 4.90 Å². The molecule has 0 N–H and O–H groups in total.